The molecule has 2 N–H and O–H groups in total. The highest BCUT2D eigenvalue weighted by Gasteiger charge is 2.16. The van der Waals surface area contributed by atoms with Crippen molar-refractivity contribution in [3.63, 3.8) is 0 Å². The van der Waals surface area contributed by atoms with Gasteiger partial charge in [0.05, 0.1) is 0 Å². The minimum absolute atomic E-state index is 0.257. The number of benzene rings is 2. The van der Waals surface area contributed by atoms with Gasteiger partial charge < -0.3 is 9.47 Å². The van der Waals surface area contributed by atoms with Gasteiger partial charge in [-0.15, -0.1) is 0 Å². The highest BCUT2D eigenvalue weighted by atomic mass is 35.5. The largest absolute Gasteiger partial charge is 0.484 e. The number of hydrogen-bond donors (Lipinski definition) is 2. The van der Waals surface area contributed by atoms with E-state index in [-0.39, 0.29) is 6.61 Å². The Morgan fingerprint density at radius 3 is 2.58 bits per heavy atom. The number of rotatable bonds is 6. The fraction of sp³-hybridized carbons (Fsp3) is 0.263. The number of hydrazine groups is 1. The van der Waals surface area contributed by atoms with Gasteiger partial charge in [-0.3, -0.25) is 20.4 Å². The Balaban J connectivity index is 1.78. The van der Waals surface area contributed by atoms with Crippen molar-refractivity contribution in [3.05, 3.63) is 58.6 Å². The van der Waals surface area contributed by atoms with Gasteiger partial charge in [0.25, 0.3) is 11.8 Å². The van der Waals surface area contributed by atoms with Crippen molar-refractivity contribution < 1.29 is 19.1 Å². The molecule has 0 bridgehead atoms. The monoisotopic (exact) mass is 376 g/mol. The van der Waals surface area contributed by atoms with Crippen molar-refractivity contribution in [1.82, 2.24) is 10.9 Å². The average molecular weight is 377 g/mol. The van der Waals surface area contributed by atoms with Crippen LogP contribution in [0.3, 0.4) is 0 Å². The molecule has 2 aromatic carbocycles. The molecule has 0 unspecified atom stereocenters. The van der Waals surface area contributed by atoms with Crippen LogP contribution in [0.5, 0.6) is 11.5 Å². The maximum Gasteiger partial charge on any atom is 0.279 e. The zero-order chi connectivity index (χ0) is 19.1. The summed E-state index contributed by atoms with van der Waals surface area (Å²) in [5.74, 6) is 0.119. The zero-order valence-electron chi connectivity index (χ0n) is 14.8. The van der Waals surface area contributed by atoms with Crippen molar-refractivity contribution >= 4 is 23.4 Å². The van der Waals surface area contributed by atoms with E-state index in [9.17, 15) is 9.59 Å². The molecule has 0 saturated carbocycles. The smallest absolute Gasteiger partial charge is 0.279 e. The molecule has 138 valence electrons. The van der Waals surface area contributed by atoms with Gasteiger partial charge in [0.15, 0.2) is 12.7 Å². The summed E-state index contributed by atoms with van der Waals surface area (Å²) in [5.41, 5.74) is 6.63. The summed E-state index contributed by atoms with van der Waals surface area (Å²) < 4.78 is 10.9. The summed E-state index contributed by atoms with van der Waals surface area (Å²) in [5, 5.41) is 0.508. The standard InChI is InChI=1S/C19H21ClN2O4/c1-12-6-4-9-17(13(12)2)26-14(3)19(24)22-21-18(23)11-25-16-8-5-7-15(20)10-16/h4-10,14H,11H2,1-3H3,(H,21,23)(H,22,24)/t14-/m0/s1. The van der Waals surface area contributed by atoms with Gasteiger partial charge >= 0.3 is 0 Å². The van der Waals surface area contributed by atoms with E-state index in [2.05, 4.69) is 10.9 Å². The van der Waals surface area contributed by atoms with Gasteiger partial charge in [-0.2, -0.15) is 0 Å². The number of nitrogens with one attached hydrogen (secondary N) is 2. The second-order valence-electron chi connectivity index (χ2n) is 5.74. The third-order valence-electron chi connectivity index (χ3n) is 3.72. The van der Waals surface area contributed by atoms with Crippen molar-refractivity contribution in [2.45, 2.75) is 26.9 Å². The number of carbonyl (C=O) groups excluding carboxylic acids is 2. The molecule has 0 radical (unpaired) electrons. The van der Waals surface area contributed by atoms with Gasteiger partial charge in [0.2, 0.25) is 0 Å². The first-order chi connectivity index (χ1) is 12.4. The maximum atomic E-state index is 12.1. The Hall–Kier alpha value is -2.73. The lowest BCUT2D eigenvalue weighted by Gasteiger charge is -2.17. The lowest BCUT2D eigenvalue weighted by molar-refractivity contribution is -0.133. The predicted octanol–water partition coefficient (Wildman–Crippen LogP) is 2.95. The van der Waals surface area contributed by atoms with Crippen LogP contribution in [0.4, 0.5) is 0 Å². The number of ether oxygens (including phenoxy) is 2. The van der Waals surface area contributed by atoms with Crippen LogP contribution in [0.2, 0.25) is 5.02 Å². The van der Waals surface area contributed by atoms with Gasteiger partial charge in [-0.1, -0.05) is 29.8 Å². The first-order valence-corrected chi connectivity index (χ1v) is 8.44. The highest BCUT2D eigenvalue weighted by Crippen LogP contribution is 2.21. The Bertz CT molecular complexity index is 795. The Labute approximate surface area is 157 Å². The van der Waals surface area contributed by atoms with Crippen LogP contribution < -0.4 is 20.3 Å². The Kier molecular flexibility index (Phi) is 6.86. The van der Waals surface area contributed by atoms with E-state index in [0.29, 0.717) is 16.5 Å². The van der Waals surface area contributed by atoms with Crippen LogP contribution in [0.15, 0.2) is 42.5 Å². The highest BCUT2D eigenvalue weighted by molar-refractivity contribution is 6.30. The van der Waals surface area contributed by atoms with Crippen LogP contribution in [0.25, 0.3) is 0 Å². The summed E-state index contributed by atoms with van der Waals surface area (Å²) >= 11 is 5.83. The molecule has 0 saturated heterocycles. The third-order valence-corrected chi connectivity index (χ3v) is 3.95. The summed E-state index contributed by atoms with van der Waals surface area (Å²) in [4.78, 5) is 23.8. The first-order valence-electron chi connectivity index (χ1n) is 8.06. The molecule has 0 aliphatic heterocycles. The number of amides is 2. The summed E-state index contributed by atoms with van der Waals surface area (Å²) in [6, 6.07) is 12.3. The molecule has 0 aromatic heterocycles. The van der Waals surface area contributed by atoms with E-state index in [1.807, 2.05) is 26.0 Å². The normalized spacial score (nSPS) is 11.4. The minimum atomic E-state index is -0.773. The molecule has 0 spiro atoms. The van der Waals surface area contributed by atoms with E-state index in [4.69, 9.17) is 21.1 Å². The van der Waals surface area contributed by atoms with Crippen LogP contribution in [0.1, 0.15) is 18.1 Å². The van der Waals surface area contributed by atoms with Crippen LogP contribution in [-0.4, -0.2) is 24.5 Å². The molecule has 2 aromatic rings. The molecule has 1 atom stereocenters. The van der Waals surface area contributed by atoms with Crippen LogP contribution >= 0.6 is 11.6 Å². The van der Waals surface area contributed by atoms with E-state index in [1.165, 1.54) is 0 Å². The van der Waals surface area contributed by atoms with Crippen LogP contribution in [0, 0.1) is 13.8 Å². The lowest BCUT2D eigenvalue weighted by Crippen LogP contribution is -2.48. The maximum absolute atomic E-state index is 12.1. The van der Waals surface area contributed by atoms with Crippen molar-refractivity contribution in [1.29, 1.82) is 0 Å². The van der Waals surface area contributed by atoms with E-state index in [1.54, 1.807) is 37.3 Å². The lowest BCUT2D eigenvalue weighted by atomic mass is 10.1. The number of halogens is 1. The second-order valence-corrected chi connectivity index (χ2v) is 6.18. The molecular weight excluding hydrogens is 356 g/mol. The van der Waals surface area contributed by atoms with E-state index in [0.717, 1.165) is 11.1 Å². The third kappa shape index (κ3) is 5.67. The summed E-state index contributed by atoms with van der Waals surface area (Å²) in [6.45, 7) is 5.23. The fourth-order valence-electron chi connectivity index (χ4n) is 2.07. The molecular formula is C19H21ClN2O4. The minimum Gasteiger partial charge on any atom is -0.484 e. The SMILES string of the molecule is Cc1cccc(O[C@@H](C)C(=O)NNC(=O)COc2cccc(Cl)c2)c1C. The molecule has 26 heavy (non-hydrogen) atoms. The zero-order valence-corrected chi connectivity index (χ0v) is 15.6. The fourth-order valence-corrected chi connectivity index (χ4v) is 2.25. The average Bonchev–Trinajstić information content (AvgIpc) is 2.61. The number of aryl methyl sites for hydroxylation is 1. The van der Waals surface area contributed by atoms with Crippen molar-refractivity contribution in [3.8, 4) is 11.5 Å². The van der Waals surface area contributed by atoms with Gasteiger partial charge in [-0.25, -0.2) is 0 Å². The molecule has 2 amide bonds. The van der Waals surface area contributed by atoms with Crippen molar-refractivity contribution in [2.24, 2.45) is 0 Å². The predicted molar refractivity (Wildman–Crippen MR) is 99.2 cm³/mol. The van der Waals surface area contributed by atoms with Gasteiger partial charge in [0.1, 0.15) is 11.5 Å². The Morgan fingerprint density at radius 1 is 1.12 bits per heavy atom. The van der Waals surface area contributed by atoms with Crippen molar-refractivity contribution in [2.75, 3.05) is 6.61 Å². The van der Waals surface area contributed by atoms with Gasteiger partial charge in [-0.05, 0) is 56.2 Å². The first kappa shape index (κ1) is 19.6. The molecule has 0 heterocycles. The van der Waals surface area contributed by atoms with E-state index >= 15 is 0 Å². The molecule has 0 fully saturated rings. The summed E-state index contributed by atoms with van der Waals surface area (Å²) in [7, 11) is 0. The second kappa shape index (κ2) is 9.10. The molecule has 0 aliphatic carbocycles. The molecule has 2 rings (SSSR count). The van der Waals surface area contributed by atoms with E-state index < -0.39 is 17.9 Å². The summed E-state index contributed by atoms with van der Waals surface area (Å²) in [6.07, 6.45) is -0.773. The van der Waals surface area contributed by atoms with Gasteiger partial charge in [0, 0.05) is 5.02 Å². The topological polar surface area (TPSA) is 76.7 Å². The molecule has 0 aliphatic rings. The molecule has 6 nitrogen and oxygen atoms in total. The van der Waals surface area contributed by atoms with Crippen LogP contribution in [-0.2, 0) is 9.59 Å². The number of hydrogen-bond acceptors (Lipinski definition) is 4. The quantitative estimate of drug-likeness (QED) is 0.760. The molecule has 7 heteroatoms. The number of carbonyl (C=O) groups is 2. The Morgan fingerprint density at radius 2 is 1.85 bits per heavy atom.